The number of hydroxylamine groups is 2. The Morgan fingerprint density at radius 1 is 1.39 bits per heavy atom. The summed E-state index contributed by atoms with van der Waals surface area (Å²) in [5.74, 6) is 0. The molecule has 0 saturated carbocycles. The molecule has 1 saturated heterocycles. The Morgan fingerprint density at radius 3 is 2.50 bits per heavy atom. The molecule has 1 aliphatic heterocycles. The topological polar surface area (TPSA) is 47.3 Å². The molecule has 0 bridgehead atoms. The standard InChI is InChI=1S/C14H28N2OSi/c1-14(2,3)18(4,5)13-10-12(16(17)11-13)8-6-7-9-15/h12-13,17H,6-8,10-11H2,1-5H3/t12-,13-/m1/s1. The summed E-state index contributed by atoms with van der Waals surface area (Å²) in [6.45, 7) is 12.7. The van der Waals surface area contributed by atoms with Crippen LogP contribution in [0.25, 0.3) is 0 Å². The van der Waals surface area contributed by atoms with Crippen molar-refractivity contribution >= 4 is 8.07 Å². The lowest BCUT2D eigenvalue weighted by Crippen LogP contribution is -2.43. The molecular formula is C14H28N2OSi. The zero-order valence-electron chi connectivity index (χ0n) is 12.5. The molecule has 0 unspecified atom stereocenters. The predicted molar refractivity (Wildman–Crippen MR) is 77.3 cm³/mol. The van der Waals surface area contributed by atoms with Crippen LogP contribution in [0.3, 0.4) is 0 Å². The van der Waals surface area contributed by atoms with Crippen molar-refractivity contribution in [1.82, 2.24) is 5.06 Å². The molecule has 0 aromatic heterocycles. The SMILES string of the molecule is CC(C)(C)[Si](C)(C)[C@@H]1C[C@@H](CCCC#N)N(O)C1. The van der Waals surface area contributed by atoms with Gasteiger partial charge in [-0.1, -0.05) is 33.9 Å². The van der Waals surface area contributed by atoms with Gasteiger partial charge in [-0.05, 0) is 29.8 Å². The van der Waals surface area contributed by atoms with E-state index in [4.69, 9.17) is 5.26 Å². The molecule has 0 radical (unpaired) electrons. The second kappa shape index (κ2) is 5.73. The lowest BCUT2D eigenvalue weighted by molar-refractivity contribution is -0.104. The summed E-state index contributed by atoms with van der Waals surface area (Å²) in [4.78, 5) is 0. The van der Waals surface area contributed by atoms with E-state index >= 15 is 0 Å². The Hall–Kier alpha value is -0.373. The molecular weight excluding hydrogens is 240 g/mol. The van der Waals surface area contributed by atoms with Crippen LogP contribution in [0.4, 0.5) is 0 Å². The summed E-state index contributed by atoms with van der Waals surface area (Å²) in [6, 6.07) is 2.46. The van der Waals surface area contributed by atoms with Crippen molar-refractivity contribution in [3.63, 3.8) is 0 Å². The number of hydrogen-bond donors (Lipinski definition) is 1. The van der Waals surface area contributed by atoms with Crippen LogP contribution in [0.2, 0.25) is 23.7 Å². The van der Waals surface area contributed by atoms with Gasteiger partial charge in [0.05, 0.1) is 14.1 Å². The fourth-order valence-electron chi connectivity index (χ4n) is 2.72. The van der Waals surface area contributed by atoms with Crippen molar-refractivity contribution in [3.05, 3.63) is 0 Å². The first-order chi connectivity index (χ1) is 8.20. The lowest BCUT2D eigenvalue weighted by Gasteiger charge is -2.41. The molecule has 4 heteroatoms. The van der Waals surface area contributed by atoms with E-state index in [1.165, 1.54) is 0 Å². The molecule has 3 nitrogen and oxygen atoms in total. The zero-order valence-corrected chi connectivity index (χ0v) is 13.5. The summed E-state index contributed by atoms with van der Waals surface area (Å²) in [6.07, 6.45) is 3.57. The highest BCUT2D eigenvalue weighted by molar-refractivity contribution is 6.81. The maximum Gasteiger partial charge on any atom is 0.0621 e. The number of nitrogens with zero attached hydrogens (tertiary/aromatic N) is 2. The Morgan fingerprint density at radius 2 is 2.00 bits per heavy atom. The molecule has 1 aliphatic rings. The molecule has 18 heavy (non-hydrogen) atoms. The molecule has 1 rings (SSSR count). The molecule has 104 valence electrons. The van der Waals surface area contributed by atoms with Crippen LogP contribution in [0.1, 0.15) is 46.5 Å². The minimum Gasteiger partial charge on any atom is -0.314 e. The van der Waals surface area contributed by atoms with Crippen molar-refractivity contribution in [2.24, 2.45) is 0 Å². The third-order valence-corrected chi connectivity index (χ3v) is 11.5. The van der Waals surface area contributed by atoms with Gasteiger partial charge in [-0.3, -0.25) is 0 Å². The Labute approximate surface area is 113 Å². The zero-order chi connectivity index (χ0) is 14.0. The number of hydrogen-bond acceptors (Lipinski definition) is 3. The minimum absolute atomic E-state index is 0.275. The van der Waals surface area contributed by atoms with E-state index in [1.807, 2.05) is 0 Å². The molecule has 1 fully saturated rings. The maximum atomic E-state index is 10.1. The molecule has 0 spiro atoms. The van der Waals surface area contributed by atoms with Crippen molar-refractivity contribution in [2.75, 3.05) is 6.54 Å². The number of nitriles is 1. The molecule has 1 N–H and O–H groups in total. The van der Waals surface area contributed by atoms with Crippen LogP contribution in [0.5, 0.6) is 0 Å². The fourth-order valence-corrected chi connectivity index (χ4v) is 5.45. The quantitative estimate of drug-likeness (QED) is 0.618. The lowest BCUT2D eigenvalue weighted by atomic mass is 10.1. The van der Waals surface area contributed by atoms with Crippen molar-refractivity contribution in [1.29, 1.82) is 5.26 Å². The molecule has 2 atom stereocenters. The highest BCUT2D eigenvalue weighted by Crippen LogP contribution is 2.48. The highest BCUT2D eigenvalue weighted by atomic mass is 28.3. The van der Waals surface area contributed by atoms with E-state index in [1.54, 1.807) is 5.06 Å². The summed E-state index contributed by atoms with van der Waals surface area (Å²) >= 11 is 0. The highest BCUT2D eigenvalue weighted by Gasteiger charge is 2.46. The summed E-state index contributed by atoms with van der Waals surface area (Å²) in [5, 5.41) is 20.6. The Kier molecular flexibility index (Phi) is 4.99. The van der Waals surface area contributed by atoms with E-state index in [0.717, 1.165) is 25.8 Å². The smallest absolute Gasteiger partial charge is 0.0621 e. The van der Waals surface area contributed by atoms with Gasteiger partial charge in [0, 0.05) is 19.0 Å². The van der Waals surface area contributed by atoms with Gasteiger partial charge in [0.15, 0.2) is 0 Å². The van der Waals surface area contributed by atoms with Gasteiger partial charge in [-0.2, -0.15) is 10.3 Å². The van der Waals surface area contributed by atoms with Gasteiger partial charge >= 0.3 is 0 Å². The first-order valence-corrected chi connectivity index (χ1v) is 10.1. The van der Waals surface area contributed by atoms with Crippen molar-refractivity contribution < 1.29 is 5.21 Å². The molecule has 0 aliphatic carbocycles. The average molecular weight is 268 g/mol. The van der Waals surface area contributed by atoms with Crippen molar-refractivity contribution in [2.45, 2.75) is 76.2 Å². The van der Waals surface area contributed by atoms with Gasteiger partial charge in [-0.25, -0.2) is 0 Å². The second-order valence-electron chi connectivity index (χ2n) is 7.23. The average Bonchev–Trinajstić information content (AvgIpc) is 2.60. The Balaban J connectivity index is 2.61. The van der Waals surface area contributed by atoms with Gasteiger partial charge in [-0.15, -0.1) is 0 Å². The molecule has 1 heterocycles. The van der Waals surface area contributed by atoms with Gasteiger partial charge in [0.25, 0.3) is 0 Å². The normalized spacial score (nSPS) is 26.3. The summed E-state index contributed by atoms with van der Waals surface area (Å²) in [5.41, 5.74) is 0.662. The first kappa shape index (κ1) is 15.7. The first-order valence-electron chi connectivity index (χ1n) is 7.02. The maximum absolute atomic E-state index is 10.1. The van der Waals surface area contributed by atoms with Crippen LogP contribution < -0.4 is 0 Å². The fraction of sp³-hybridized carbons (Fsp3) is 0.929. The molecule has 0 amide bonds. The van der Waals surface area contributed by atoms with E-state index in [9.17, 15) is 5.21 Å². The molecule has 0 aromatic rings. The minimum atomic E-state index is -1.37. The van der Waals surface area contributed by atoms with Crippen molar-refractivity contribution in [3.8, 4) is 6.07 Å². The van der Waals surface area contributed by atoms with Gasteiger partial charge in [0.1, 0.15) is 0 Å². The predicted octanol–water partition coefficient (Wildman–Crippen LogP) is 4.02. The van der Waals surface area contributed by atoms with Gasteiger partial charge < -0.3 is 5.21 Å². The van der Waals surface area contributed by atoms with E-state index in [-0.39, 0.29) is 6.04 Å². The van der Waals surface area contributed by atoms with Crippen LogP contribution in [0.15, 0.2) is 0 Å². The van der Waals surface area contributed by atoms with Crippen LogP contribution >= 0.6 is 0 Å². The monoisotopic (exact) mass is 268 g/mol. The van der Waals surface area contributed by atoms with E-state index < -0.39 is 8.07 Å². The van der Waals surface area contributed by atoms with Crippen LogP contribution in [-0.2, 0) is 0 Å². The second-order valence-corrected chi connectivity index (χ2v) is 13.0. The third kappa shape index (κ3) is 3.34. The van der Waals surface area contributed by atoms with Crippen LogP contribution in [-0.4, -0.2) is 30.9 Å². The Bertz CT molecular complexity index is 317. The van der Waals surface area contributed by atoms with E-state index in [0.29, 0.717) is 17.0 Å². The number of unbranched alkanes of at least 4 members (excludes halogenated alkanes) is 1. The molecule has 0 aromatic carbocycles. The van der Waals surface area contributed by atoms with E-state index in [2.05, 4.69) is 39.9 Å². The summed E-state index contributed by atoms with van der Waals surface area (Å²) in [7, 11) is -1.37. The summed E-state index contributed by atoms with van der Waals surface area (Å²) < 4.78 is 0. The largest absolute Gasteiger partial charge is 0.314 e. The number of rotatable bonds is 4. The van der Waals surface area contributed by atoms with Crippen LogP contribution in [0, 0.1) is 11.3 Å². The third-order valence-electron chi connectivity index (χ3n) is 5.17. The van der Waals surface area contributed by atoms with Gasteiger partial charge in [0.2, 0.25) is 0 Å².